The van der Waals surface area contributed by atoms with Gasteiger partial charge < -0.3 is 4.98 Å². The third kappa shape index (κ3) is 1.14. The van der Waals surface area contributed by atoms with Crippen LogP contribution in [0.5, 0.6) is 0 Å². The molecule has 0 radical (unpaired) electrons. The third-order valence-electron chi connectivity index (χ3n) is 3.41. The second-order valence-electron chi connectivity index (χ2n) is 4.38. The molecule has 0 aliphatic carbocycles. The molecule has 0 fully saturated rings. The molecule has 3 aromatic carbocycles. The summed E-state index contributed by atoms with van der Waals surface area (Å²) in [6, 6.07) is 21.4. The Balaban J connectivity index is 2.34. The summed E-state index contributed by atoms with van der Waals surface area (Å²) in [5, 5.41) is 5.18. The first-order valence-electron chi connectivity index (χ1n) is 5.82. The molecule has 0 amide bonds. The van der Waals surface area contributed by atoms with Gasteiger partial charge in [-0.15, -0.1) is 0 Å². The van der Waals surface area contributed by atoms with Crippen LogP contribution in [-0.4, -0.2) is 4.98 Å². The Morgan fingerprint density at radius 1 is 0.588 bits per heavy atom. The molecule has 1 heteroatoms. The lowest BCUT2D eigenvalue weighted by molar-refractivity contribution is 1.56. The predicted octanol–water partition coefficient (Wildman–Crippen LogP) is 4.47. The van der Waals surface area contributed by atoms with Crippen molar-refractivity contribution < 1.29 is 0 Å². The number of benzene rings is 3. The minimum atomic E-state index is 1.21. The molecule has 0 saturated carbocycles. The van der Waals surface area contributed by atoms with Crippen molar-refractivity contribution >= 4 is 32.6 Å². The summed E-state index contributed by atoms with van der Waals surface area (Å²) >= 11 is 0. The van der Waals surface area contributed by atoms with E-state index < -0.39 is 0 Å². The van der Waals surface area contributed by atoms with Crippen LogP contribution < -0.4 is 0 Å². The van der Waals surface area contributed by atoms with E-state index in [0.717, 1.165) is 0 Å². The highest BCUT2D eigenvalue weighted by Gasteiger charge is 2.05. The average Bonchev–Trinajstić information content (AvgIpc) is 2.78. The van der Waals surface area contributed by atoms with Crippen LogP contribution in [0.3, 0.4) is 0 Å². The van der Waals surface area contributed by atoms with Crippen LogP contribution >= 0.6 is 0 Å². The standard InChI is InChI=1S/C16H11N/c1-2-6-12-11(5-1)9-10-14-13-7-3-4-8-15(13)17-16(12)14/h1-10,17H. The lowest BCUT2D eigenvalue weighted by atomic mass is 10.1. The van der Waals surface area contributed by atoms with Crippen molar-refractivity contribution in [1.29, 1.82) is 0 Å². The number of fused-ring (bicyclic) bond motifs is 5. The van der Waals surface area contributed by atoms with Crippen molar-refractivity contribution in [3.8, 4) is 0 Å². The van der Waals surface area contributed by atoms with Gasteiger partial charge in [-0.1, -0.05) is 54.6 Å². The molecule has 1 nitrogen and oxygen atoms in total. The highest BCUT2D eigenvalue weighted by atomic mass is 14.7. The summed E-state index contributed by atoms with van der Waals surface area (Å²) in [6.07, 6.45) is 0. The Labute approximate surface area is 98.7 Å². The first-order chi connectivity index (χ1) is 8.43. The number of nitrogens with one attached hydrogen (secondary N) is 1. The monoisotopic (exact) mass is 217 g/mol. The van der Waals surface area contributed by atoms with Gasteiger partial charge in [0.25, 0.3) is 0 Å². The molecule has 17 heavy (non-hydrogen) atoms. The Morgan fingerprint density at radius 2 is 1.35 bits per heavy atom. The van der Waals surface area contributed by atoms with E-state index in [1.54, 1.807) is 0 Å². The molecule has 0 spiro atoms. The quantitative estimate of drug-likeness (QED) is 0.447. The molecule has 4 rings (SSSR count). The molecule has 0 aliphatic heterocycles. The van der Waals surface area contributed by atoms with E-state index in [1.807, 2.05) is 0 Å². The Hall–Kier alpha value is -2.28. The van der Waals surface area contributed by atoms with Crippen LogP contribution in [0.1, 0.15) is 0 Å². The average molecular weight is 217 g/mol. The maximum Gasteiger partial charge on any atom is 0.0544 e. The van der Waals surface area contributed by atoms with E-state index in [2.05, 4.69) is 65.6 Å². The minimum absolute atomic E-state index is 1.21. The molecular weight excluding hydrogens is 206 g/mol. The second kappa shape index (κ2) is 3.11. The van der Waals surface area contributed by atoms with Crippen LogP contribution in [0.4, 0.5) is 0 Å². The second-order valence-corrected chi connectivity index (χ2v) is 4.38. The summed E-state index contributed by atoms with van der Waals surface area (Å²) in [4.78, 5) is 3.52. The van der Waals surface area contributed by atoms with Crippen LogP contribution in [0.2, 0.25) is 0 Å². The lowest BCUT2D eigenvalue weighted by Gasteiger charge is -1.98. The van der Waals surface area contributed by atoms with Gasteiger partial charge in [-0.3, -0.25) is 0 Å². The molecule has 80 valence electrons. The Kier molecular flexibility index (Phi) is 1.61. The topological polar surface area (TPSA) is 15.8 Å². The number of aromatic amines is 1. The molecule has 1 N–H and O–H groups in total. The van der Waals surface area contributed by atoms with E-state index >= 15 is 0 Å². The van der Waals surface area contributed by atoms with Gasteiger partial charge in [-0.2, -0.15) is 0 Å². The normalized spacial score (nSPS) is 11.5. The van der Waals surface area contributed by atoms with Gasteiger partial charge in [-0.05, 0) is 11.5 Å². The molecule has 1 heterocycles. The highest BCUT2D eigenvalue weighted by molar-refractivity contribution is 6.16. The molecule has 0 aliphatic rings. The number of H-pyrrole nitrogens is 1. The first kappa shape index (κ1) is 8.82. The number of hydrogen-bond acceptors (Lipinski definition) is 0. The third-order valence-corrected chi connectivity index (χ3v) is 3.41. The summed E-state index contributed by atoms with van der Waals surface area (Å²) < 4.78 is 0. The van der Waals surface area contributed by atoms with Crippen molar-refractivity contribution in [3.63, 3.8) is 0 Å². The van der Waals surface area contributed by atoms with Crippen LogP contribution in [-0.2, 0) is 0 Å². The smallest absolute Gasteiger partial charge is 0.0544 e. The van der Waals surface area contributed by atoms with Crippen LogP contribution in [0.25, 0.3) is 32.6 Å². The summed E-state index contributed by atoms with van der Waals surface area (Å²) in [6.45, 7) is 0. The molecule has 0 atom stereocenters. The van der Waals surface area contributed by atoms with Crippen molar-refractivity contribution in [1.82, 2.24) is 4.98 Å². The van der Waals surface area contributed by atoms with Gasteiger partial charge in [0.2, 0.25) is 0 Å². The zero-order valence-electron chi connectivity index (χ0n) is 9.27. The molecule has 0 saturated heterocycles. The fourth-order valence-electron chi connectivity index (χ4n) is 2.59. The van der Waals surface area contributed by atoms with Gasteiger partial charge in [-0.25, -0.2) is 0 Å². The van der Waals surface area contributed by atoms with Gasteiger partial charge >= 0.3 is 0 Å². The maximum absolute atomic E-state index is 3.52. The van der Waals surface area contributed by atoms with Crippen LogP contribution in [0.15, 0.2) is 60.7 Å². The van der Waals surface area contributed by atoms with E-state index in [9.17, 15) is 0 Å². The zero-order chi connectivity index (χ0) is 11.2. The van der Waals surface area contributed by atoms with E-state index in [1.165, 1.54) is 32.6 Å². The number of aromatic nitrogens is 1. The molecular formula is C16H11N. The number of hydrogen-bond donors (Lipinski definition) is 1. The lowest BCUT2D eigenvalue weighted by Crippen LogP contribution is -1.74. The molecule has 0 bridgehead atoms. The molecule has 1 aromatic heterocycles. The predicted molar refractivity (Wildman–Crippen MR) is 73.3 cm³/mol. The Bertz CT molecular complexity index is 840. The van der Waals surface area contributed by atoms with Crippen molar-refractivity contribution in [2.75, 3.05) is 0 Å². The highest BCUT2D eigenvalue weighted by Crippen LogP contribution is 2.30. The summed E-state index contributed by atoms with van der Waals surface area (Å²) in [5.74, 6) is 0. The fraction of sp³-hybridized carbons (Fsp3) is 0. The van der Waals surface area contributed by atoms with Crippen molar-refractivity contribution in [3.05, 3.63) is 60.7 Å². The largest absolute Gasteiger partial charge is 0.354 e. The zero-order valence-corrected chi connectivity index (χ0v) is 9.27. The van der Waals surface area contributed by atoms with Gasteiger partial charge in [0, 0.05) is 21.7 Å². The van der Waals surface area contributed by atoms with Gasteiger partial charge in [0.1, 0.15) is 0 Å². The van der Waals surface area contributed by atoms with Crippen molar-refractivity contribution in [2.24, 2.45) is 0 Å². The summed E-state index contributed by atoms with van der Waals surface area (Å²) in [7, 11) is 0. The number of rotatable bonds is 0. The SMILES string of the molecule is c1ccc2c(c1)ccc1c3ccccc3[nH]c21. The molecule has 0 unspecified atom stereocenters. The minimum Gasteiger partial charge on any atom is -0.354 e. The van der Waals surface area contributed by atoms with Gasteiger partial charge in [0.15, 0.2) is 0 Å². The number of para-hydroxylation sites is 1. The van der Waals surface area contributed by atoms with Crippen LogP contribution in [0, 0.1) is 0 Å². The fourth-order valence-corrected chi connectivity index (χ4v) is 2.59. The first-order valence-corrected chi connectivity index (χ1v) is 5.82. The Morgan fingerprint density at radius 3 is 2.29 bits per heavy atom. The van der Waals surface area contributed by atoms with Gasteiger partial charge in [0.05, 0.1) is 5.52 Å². The van der Waals surface area contributed by atoms with Crippen molar-refractivity contribution in [2.45, 2.75) is 0 Å². The summed E-state index contributed by atoms with van der Waals surface area (Å²) in [5.41, 5.74) is 2.45. The maximum atomic E-state index is 3.52. The molecule has 4 aromatic rings. The van der Waals surface area contributed by atoms with E-state index in [4.69, 9.17) is 0 Å². The van der Waals surface area contributed by atoms with E-state index in [0.29, 0.717) is 0 Å². The van der Waals surface area contributed by atoms with E-state index in [-0.39, 0.29) is 0 Å².